The highest BCUT2D eigenvalue weighted by molar-refractivity contribution is 5.87. The van der Waals surface area contributed by atoms with Crippen molar-refractivity contribution in [3.05, 3.63) is 23.7 Å². The van der Waals surface area contributed by atoms with Crippen LogP contribution in [0.4, 0.5) is 0 Å². The lowest BCUT2D eigenvalue weighted by molar-refractivity contribution is -0.127. The number of nitrogens with zero attached hydrogens (tertiary/aromatic N) is 1. The number of aromatic carboxylic acids is 1. The van der Waals surface area contributed by atoms with E-state index < -0.39 is 5.97 Å². The maximum absolute atomic E-state index is 11.8. The summed E-state index contributed by atoms with van der Waals surface area (Å²) in [7, 11) is 1.63. The van der Waals surface area contributed by atoms with E-state index in [1.54, 1.807) is 7.05 Å². The molecule has 1 aromatic rings. The van der Waals surface area contributed by atoms with Gasteiger partial charge in [-0.3, -0.25) is 9.69 Å². The van der Waals surface area contributed by atoms with Gasteiger partial charge in [0.1, 0.15) is 12.0 Å². The first-order chi connectivity index (χ1) is 9.11. The number of likely N-dealkylation sites (N-methyl/N-ethyl adjacent to an activating group) is 1. The quantitative estimate of drug-likeness (QED) is 0.852. The summed E-state index contributed by atoms with van der Waals surface area (Å²) in [6, 6.07) is 1.36. The first-order valence-corrected chi connectivity index (χ1v) is 6.38. The van der Waals surface area contributed by atoms with Crippen LogP contribution in [0.1, 0.15) is 35.4 Å². The van der Waals surface area contributed by atoms with Gasteiger partial charge in [0.15, 0.2) is 0 Å². The summed E-state index contributed by atoms with van der Waals surface area (Å²) in [4.78, 5) is 24.6. The van der Waals surface area contributed by atoms with Gasteiger partial charge in [0, 0.05) is 7.05 Å². The number of carboxylic acid groups (broad SMARTS) is 1. The number of carbonyl (C=O) groups excluding carboxylic acids is 1. The topological polar surface area (TPSA) is 82.8 Å². The molecule has 2 rings (SSSR count). The standard InChI is InChI=1S/C13H18N2O4/c1-14-12(16)11-4-2-3-5-15(11)7-10-6-9(8-19-10)13(17)18/h6,8,11H,2-5,7H2,1H3,(H,14,16)(H,17,18). The predicted molar refractivity (Wildman–Crippen MR) is 67.8 cm³/mol. The van der Waals surface area contributed by atoms with Crippen LogP contribution in [0, 0.1) is 0 Å². The first kappa shape index (κ1) is 13.6. The molecule has 6 heteroatoms. The summed E-state index contributed by atoms with van der Waals surface area (Å²) in [6.07, 6.45) is 4.13. The normalized spacial score (nSPS) is 20.2. The van der Waals surface area contributed by atoms with E-state index in [4.69, 9.17) is 9.52 Å². The van der Waals surface area contributed by atoms with Gasteiger partial charge in [-0.25, -0.2) is 4.79 Å². The second kappa shape index (κ2) is 5.88. The molecular weight excluding hydrogens is 248 g/mol. The van der Waals surface area contributed by atoms with Crippen molar-refractivity contribution in [3.63, 3.8) is 0 Å². The maximum Gasteiger partial charge on any atom is 0.338 e. The van der Waals surface area contributed by atoms with Crippen molar-refractivity contribution in [2.24, 2.45) is 0 Å². The number of hydrogen-bond acceptors (Lipinski definition) is 4. The van der Waals surface area contributed by atoms with Crippen LogP contribution in [-0.4, -0.2) is 41.5 Å². The van der Waals surface area contributed by atoms with E-state index in [-0.39, 0.29) is 17.5 Å². The zero-order valence-corrected chi connectivity index (χ0v) is 10.9. The third-order valence-electron chi connectivity index (χ3n) is 3.42. The third-order valence-corrected chi connectivity index (χ3v) is 3.42. The number of carboxylic acids is 1. The van der Waals surface area contributed by atoms with Crippen molar-refractivity contribution in [3.8, 4) is 0 Å². The van der Waals surface area contributed by atoms with Crippen LogP contribution in [0.15, 0.2) is 16.7 Å². The molecule has 2 N–H and O–H groups in total. The lowest BCUT2D eigenvalue weighted by Crippen LogP contribution is -2.48. The van der Waals surface area contributed by atoms with E-state index in [2.05, 4.69) is 5.32 Å². The fourth-order valence-corrected chi connectivity index (χ4v) is 2.42. The Hall–Kier alpha value is -1.82. The van der Waals surface area contributed by atoms with Crippen LogP contribution < -0.4 is 5.32 Å². The molecule has 104 valence electrons. The highest BCUT2D eigenvalue weighted by atomic mass is 16.4. The molecule has 1 aliphatic rings. The Morgan fingerprint density at radius 3 is 2.95 bits per heavy atom. The van der Waals surface area contributed by atoms with Crippen molar-refractivity contribution in [1.29, 1.82) is 0 Å². The number of hydrogen-bond donors (Lipinski definition) is 2. The number of furan rings is 1. The highest BCUT2D eigenvalue weighted by Gasteiger charge is 2.28. The molecule has 6 nitrogen and oxygen atoms in total. The van der Waals surface area contributed by atoms with E-state index >= 15 is 0 Å². The third kappa shape index (κ3) is 3.14. The minimum absolute atomic E-state index is 0.00436. The molecule has 1 aromatic heterocycles. The van der Waals surface area contributed by atoms with Crippen LogP contribution >= 0.6 is 0 Å². The number of rotatable bonds is 4. The van der Waals surface area contributed by atoms with Gasteiger partial charge < -0.3 is 14.8 Å². The number of amides is 1. The van der Waals surface area contributed by atoms with Crippen molar-refractivity contribution in [2.45, 2.75) is 31.8 Å². The Labute approximate surface area is 111 Å². The molecule has 19 heavy (non-hydrogen) atoms. The van der Waals surface area contributed by atoms with Gasteiger partial charge in [0.05, 0.1) is 18.2 Å². The van der Waals surface area contributed by atoms with E-state index in [1.807, 2.05) is 4.90 Å². The van der Waals surface area contributed by atoms with Crippen LogP contribution in [0.2, 0.25) is 0 Å². The van der Waals surface area contributed by atoms with E-state index in [9.17, 15) is 9.59 Å². The molecule has 0 aliphatic carbocycles. The second-order valence-electron chi connectivity index (χ2n) is 4.70. The van der Waals surface area contributed by atoms with Crippen LogP contribution in [0.25, 0.3) is 0 Å². The smallest absolute Gasteiger partial charge is 0.338 e. The number of nitrogens with one attached hydrogen (secondary N) is 1. The van der Waals surface area contributed by atoms with E-state index in [0.29, 0.717) is 12.3 Å². The largest absolute Gasteiger partial charge is 0.478 e. The van der Waals surface area contributed by atoms with Crippen molar-refractivity contribution >= 4 is 11.9 Å². The predicted octanol–water partition coefficient (Wildman–Crippen LogP) is 1.08. The van der Waals surface area contributed by atoms with Crippen LogP contribution in [-0.2, 0) is 11.3 Å². The Morgan fingerprint density at radius 2 is 2.32 bits per heavy atom. The number of likely N-dealkylation sites (tertiary alicyclic amines) is 1. The van der Waals surface area contributed by atoms with Gasteiger partial charge in [-0.05, 0) is 25.5 Å². The molecule has 0 aromatic carbocycles. The molecular formula is C13H18N2O4. The molecule has 1 fully saturated rings. The van der Waals surface area contributed by atoms with Gasteiger partial charge in [0.25, 0.3) is 0 Å². The Kier molecular flexibility index (Phi) is 4.21. The molecule has 0 spiro atoms. The molecule has 1 amide bonds. The second-order valence-corrected chi connectivity index (χ2v) is 4.70. The van der Waals surface area contributed by atoms with Gasteiger partial charge in [-0.2, -0.15) is 0 Å². The summed E-state index contributed by atoms with van der Waals surface area (Å²) in [5.74, 6) is -0.422. The van der Waals surface area contributed by atoms with Gasteiger partial charge >= 0.3 is 5.97 Å². The Bertz CT molecular complexity index is 469. The molecule has 0 radical (unpaired) electrons. The molecule has 1 saturated heterocycles. The van der Waals surface area contributed by atoms with Crippen LogP contribution in [0.5, 0.6) is 0 Å². The summed E-state index contributed by atoms with van der Waals surface area (Å²) in [5.41, 5.74) is 0.142. The lowest BCUT2D eigenvalue weighted by Gasteiger charge is -2.33. The zero-order valence-electron chi connectivity index (χ0n) is 10.9. The molecule has 1 atom stereocenters. The molecule has 2 heterocycles. The van der Waals surface area contributed by atoms with E-state index in [0.717, 1.165) is 25.8 Å². The Balaban J connectivity index is 2.06. The number of piperidine rings is 1. The Morgan fingerprint density at radius 1 is 1.53 bits per heavy atom. The van der Waals surface area contributed by atoms with Crippen LogP contribution in [0.3, 0.4) is 0 Å². The molecule has 1 unspecified atom stereocenters. The van der Waals surface area contributed by atoms with Gasteiger partial charge in [-0.15, -0.1) is 0 Å². The summed E-state index contributed by atoms with van der Waals surface area (Å²) < 4.78 is 5.24. The molecule has 0 saturated carbocycles. The summed E-state index contributed by atoms with van der Waals surface area (Å²) >= 11 is 0. The molecule has 1 aliphatic heterocycles. The SMILES string of the molecule is CNC(=O)C1CCCCN1Cc1cc(C(=O)O)co1. The summed E-state index contributed by atoms with van der Waals surface area (Å²) in [5, 5.41) is 11.5. The minimum atomic E-state index is -1.00. The van der Waals surface area contributed by atoms with Crippen molar-refractivity contribution < 1.29 is 19.1 Å². The average molecular weight is 266 g/mol. The highest BCUT2D eigenvalue weighted by Crippen LogP contribution is 2.20. The molecule has 0 bridgehead atoms. The van der Waals surface area contributed by atoms with E-state index in [1.165, 1.54) is 12.3 Å². The maximum atomic E-state index is 11.8. The van der Waals surface area contributed by atoms with Gasteiger partial charge in [0.2, 0.25) is 5.91 Å². The van der Waals surface area contributed by atoms with Crippen molar-refractivity contribution in [2.75, 3.05) is 13.6 Å². The fourth-order valence-electron chi connectivity index (χ4n) is 2.42. The zero-order chi connectivity index (χ0) is 13.8. The average Bonchev–Trinajstić information content (AvgIpc) is 2.87. The van der Waals surface area contributed by atoms with Gasteiger partial charge in [-0.1, -0.05) is 6.42 Å². The minimum Gasteiger partial charge on any atom is -0.478 e. The van der Waals surface area contributed by atoms with Crippen molar-refractivity contribution in [1.82, 2.24) is 10.2 Å². The monoisotopic (exact) mass is 266 g/mol. The number of carbonyl (C=O) groups is 2. The lowest BCUT2D eigenvalue weighted by atomic mass is 10.0. The fraction of sp³-hybridized carbons (Fsp3) is 0.538. The first-order valence-electron chi connectivity index (χ1n) is 6.38. The summed E-state index contributed by atoms with van der Waals surface area (Å²) in [6.45, 7) is 1.28.